The molecule has 0 spiro atoms. The Labute approximate surface area is 121 Å². The Morgan fingerprint density at radius 1 is 1.58 bits per heavy atom. The normalized spacial score (nSPS) is 11.9. The number of oxime groups is 1. The SMILES string of the molecule is CC(C)CN(CCC(N)=NO)C(=O)c1ccc(Cl)s1. The zero-order valence-electron chi connectivity index (χ0n) is 11.0. The number of hydrogen-bond acceptors (Lipinski definition) is 4. The molecule has 0 unspecified atom stereocenters. The lowest BCUT2D eigenvalue weighted by Gasteiger charge is -2.23. The molecule has 0 aromatic carbocycles. The van der Waals surface area contributed by atoms with Gasteiger partial charge in [-0.15, -0.1) is 11.3 Å². The van der Waals surface area contributed by atoms with Gasteiger partial charge in [0, 0.05) is 19.5 Å². The van der Waals surface area contributed by atoms with E-state index < -0.39 is 0 Å². The summed E-state index contributed by atoms with van der Waals surface area (Å²) in [7, 11) is 0. The minimum Gasteiger partial charge on any atom is -0.409 e. The van der Waals surface area contributed by atoms with Gasteiger partial charge in [0.1, 0.15) is 5.84 Å². The molecule has 0 saturated heterocycles. The van der Waals surface area contributed by atoms with Crippen molar-refractivity contribution < 1.29 is 10.0 Å². The van der Waals surface area contributed by atoms with Gasteiger partial charge in [0.2, 0.25) is 0 Å². The second-order valence-corrected chi connectivity index (χ2v) is 6.31. The van der Waals surface area contributed by atoms with Crippen LogP contribution in [0.4, 0.5) is 0 Å². The summed E-state index contributed by atoms with van der Waals surface area (Å²) in [4.78, 5) is 14.6. The predicted octanol–water partition coefficient (Wildman–Crippen LogP) is 2.64. The van der Waals surface area contributed by atoms with Crippen molar-refractivity contribution in [3.63, 3.8) is 0 Å². The maximum absolute atomic E-state index is 12.3. The highest BCUT2D eigenvalue weighted by molar-refractivity contribution is 7.17. The largest absolute Gasteiger partial charge is 0.409 e. The number of hydrogen-bond donors (Lipinski definition) is 2. The van der Waals surface area contributed by atoms with Crippen LogP contribution < -0.4 is 5.73 Å². The van der Waals surface area contributed by atoms with Crippen LogP contribution >= 0.6 is 22.9 Å². The number of carbonyl (C=O) groups is 1. The maximum atomic E-state index is 12.3. The molecule has 1 heterocycles. The van der Waals surface area contributed by atoms with E-state index in [1.807, 2.05) is 13.8 Å². The average molecular weight is 304 g/mol. The van der Waals surface area contributed by atoms with E-state index in [1.165, 1.54) is 11.3 Å². The van der Waals surface area contributed by atoms with E-state index in [2.05, 4.69) is 5.16 Å². The third-order valence-electron chi connectivity index (χ3n) is 2.42. The summed E-state index contributed by atoms with van der Waals surface area (Å²) in [6.07, 6.45) is 0.341. The van der Waals surface area contributed by atoms with Crippen molar-refractivity contribution in [1.29, 1.82) is 0 Å². The minimum absolute atomic E-state index is 0.0728. The van der Waals surface area contributed by atoms with Gasteiger partial charge in [0.25, 0.3) is 5.91 Å². The second kappa shape index (κ2) is 7.35. The topological polar surface area (TPSA) is 78.9 Å². The smallest absolute Gasteiger partial charge is 0.263 e. The molecular weight excluding hydrogens is 286 g/mol. The molecule has 106 valence electrons. The van der Waals surface area contributed by atoms with Crippen molar-refractivity contribution in [1.82, 2.24) is 4.90 Å². The van der Waals surface area contributed by atoms with Gasteiger partial charge in [-0.05, 0) is 18.1 Å². The van der Waals surface area contributed by atoms with Gasteiger partial charge >= 0.3 is 0 Å². The quantitative estimate of drug-likeness (QED) is 0.367. The number of thiophene rings is 1. The molecule has 19 heavy (non-hydrogen) atoms. The van der Waals surface area contributed by atoms with Gasteiger partial charge in [0.15, 0.2) is 0 Å². The number of nitrogens with zero attached hydrogens (tertiary/aromatic N) is 2. The lowest BCUT2D eigenvalue weighted by atomic mass is 10.2. The van der Waals surface area contributed by atoms with Crippen LogP contribution in [0.1, 0.15) is 29.9 Å². The lowest BCUT2D eigenvalue weighted by Crippen LogP contribution is -2.36. The highest BCUT2D eigenvalue weighted by atomic mass is 35.5. The van der Waals surface area contributed by atoms with Crippen molar-refractivity contribution in [2.45, 2.75) is 20.3 Å². The van der Waals surface area contributed by atoms with Crippen molar-refractivity contribution in [3.8, 4) is 0 Å². The molecule has 0 bridgehead atoms. The van der Waals surface area contributed by atoms with E-state index >= 15 is 0 Å². The van der Waals surface area contributed by atoms with Crippen LogP contribution in [0.2, 0.25) is 4.34 Å². The summed E-state index contributed by atoms with van der Waals surface area (Å²) in [5.74, 6) is 0.383. The molecule has 7 heteroatoms. The Bertz CT molecular complexity index is 460. The van der Waals surface area contributed by atoms with E-state index in [-0.39, 0.29) is 11.7 Å². The summed E-state index contributed by atoms with van der Waals surface area (Å²) in [5.41, 5.74) is 5.44. The zero-order chi connectivity index (χ0) is 14.4. The van der Waals surface area contributed by atoms with Crippen molar-refractivity contribution >= 4 is 34.7 Å². The van der Waals surface area contributed by atoms with Gasteiger partial charge in [0.05, 0.1) is 9.21 Å². The van der Waals surface area contributed by atoms with E-state index in [4.69, 9.17) is 22.5 Å². The number of rotatable bonds is 6. The molecule has 1 aromatic heterocycles. The van der Waals surface area contributed by atoms with Gasteiger partial charge < -0.3 is 15.8 Å². The molecule has 1 rings (SSSR count). The standard InChI is InChI=1S/C12H18ClN3O2S/c1-8(2)7-16(6-5-11(14)15-18)12(17)9-3-4-10(13)19-9/h3-4,8,18H,5-7H2,1-2H3,(H2,14,15). The van der Waals surface area contributed by atoms with Crippen molar-refractivity contribution in [2.24, 2.45) is 16.8 Å². The van der Waals surface area contributed by atoms with Crippen LogP contribution in [-0.4, -0.2) is 34.9 Å². The average Bonchev–Trinajstić information content (AvgIpc) is 2.79. The Morgan fingerprint density at radius 3 is 2.74 bits per heavy atom. The number of nitrogens with two attached hydrogens (primary N) is 1. The molecule has 0 aliphatic heterocycles. The van der Waals surface area contributed by atoms with E-state index in [9.17, 15) is 4.79 Å². The number of carbonyl (C=O) groups excluding carboxylic acids is 1. The fourth-order valence-electron chi connectivity index (χ4n) is 1.60. The number of halogens is 1. The van der Waals surface area contributed by atoms with E-state index in [0.29, 0.717) is 34.6 Å². The predicted molar refractivity (Wildman–Crippen MR) is 78.1 cm³/mol. The molecule has 1 aromatic rings. The Balaban J connectivity index is 2.75. The molecule has 1 amide bonds. The monoisotopic (exact) mass is 303 g/mol. The molecule has 3 N–H and O–H groups in total. The summed E-state index contributed by atoms with van der Waals surface area (Å²) >= 11 is 7.10. The van der Waals surface area contributed by atoms with Gasteiger partial charge in [-0.1, -0.05) is 30.6 Å². The minimum atomic E-state index is -0.0728. The third kappa shape index (κ3) is 5.08. The first-order valence-corrected chi connectivity index (χ1v) is 7.14. The lowest BCUT2D eigenvalue weighted by molar-refractivity contribution is 0.0745. The third-order valence-corrected chi connectivity index (χ3v) is 3.64. The Hall–Kier alpha value is -1.27. The van der Waals surface area contributed by atoms with E-state index in [1.54, 1.807) is 17.0 Å². The van der Waals surface area contributed by atoms with Gasteiger partial charge in [-0.3, -0.25) is 4.79 Å². The van der Waals surface area contributed by atoms with Crippen LogP contribution in [0, 0.1) is 5.92 Å². The summed E-state index contributed by atoms with van der Waals surface area (Å²) in [6.45, 7) is 5.10. The van der Waals surface area contributed by atoms with Gasteiger partial charge in [-0.25, -0.2) is 0 Å². The summed E-state index contributed by atoms with van der Waals surface area (Å²) in [5, 5.41) is 11.4. The molecule has 5 nitrogen and oxygen atoms in total. The van der Waals surface area contributed by atoms with Crippen molar-refractivity contribution in [2.75, 3.05) is 13.1 Å². The Morgan fingerprint density at radius 2 is 2.26 bits per heavy atom. The van der Waals surface area contributed by atoms with E-state index in [0.717, 1.165) is 0 Å². The number of amidine groups is 1. The maximum Gasteiger partial charge on any atom is 0.263 e. The first-order chi connectivity index (χ1) is 8.93. The highest BCUT2D eigenvalue weighted by Gasteiger charge is 2.18. The first kappa shape index (κ1) is 15.8. The molecular formula is C12H18ClN3O2S. The van der Waals surface area contributed by atoms with Gasteiger partial charge in [-0.2, -0.15) is 0 Å². The molecule has 0 atom stereocenters. The van der Waals surface area contributed by atoms with Crippen LogP contribution in [0.3, 0.4) is 0 Å². The van der Waals surface area contributed by atoms with Crippen LogP contribution in [0.15, 0.2) is 17.3 Å². The highest BCUT2D eigenvalue weighted by Crippen LogP contribution is 2.23. The second-order valence-electron chi connectivity index (χ2n) is 4.59. The molecule has 0 fully saturated rings. The molecule has 0 saturated carbocycles. The zero-order valence-corrected chi connectivity index (χ0v) is 12.5. The molecule has 0 radical (unpaired) electrons. The Kier molecular flexibility index (Phi) is 6.11. The van der Waals surface area contributed by atoms with Crippen molar-refractivity contribution in [3.05, 3.63) is 21.3 Å². The molecule has 0 aliphatic carbocycles. The summed E-state index contributed by atoms with van der Waals surface area (Å²) in [6, 6.07) is 3.42. The fraction of sp³-hybridized carbons (Fsp3) is 0.500. The fourth-order valence-corrected chi connectivity index (χ4v) is 2.61. The van der Waals surface area contributed by atoms with Crippen LogP contribution in [-0.2, 0) is 0 Å². The number of amides is 1. The van der Waals surface area contributed by atoms with Crippen LogP contribution in [0.25, 0.3) is 0 Å². The molecule has 0 aliphatic rings. The van der Waals surface area contributed by atoms with Crippen LogP contribution in [0.5, 0.6) is 0 Å². The summed E-state index contributed by atoms with van der Waals surface area (Å²) < 4.78 is 0.587. The first-order valence-electron chi connectivity index (χ1n) is 5.95.